The molecule has 1 atom stereocenters. The fourth-order valence-electron chi connectivity index (χ4n) is 2.64. The maximum absolute atomic E-state index is 11.4. The van der Waals surface area contributed by atoms with Gasteiger partial charge in [-0.1, -0.05) is 0 Å². The number of H-pyrrole nitrogens is 1. The number of rotatable bonds is 3. The van der Waals surface area contributed by atoms with Crippen molar-refractivity contribution in [1.29, 1.82) is 0 Å². The first-order valence-electron chi connectivity index (χ1n) is 7.35. The Hall–Kier alpha value is -2.28. The highest BCUT2D eigenvalue weighted by Crippen LogP contribution is 2.17. The average molecular weight is 301 g/mol. The highest BCUT2D eigenvalue weighted by molar-refractivity contribution is 5.38. The summed E-state index contributed by atoms with van der Waals surface area (Å²) in [6.07, 6.45) is 3.75. The first-order valence-corrected chi connectivity index (χ1v) is 7.35. The van der Waals surface area contributed by atoms with Crippen molar-refractivity contribution in [3.05, 3.63) is 46.5 Å². The van der Waals surface area contributed by atoms with Crippen molar-refractivity contribution in [3.63, 3.8) is 0 Å². The summed E-state index contributed by atoms with van der Waals surface area (Å²) in [5, 5.41) is 0. The monoisotopic (exact) mass is 301 g/mol. The van der Waals surface area contributed by atoms with Crippen LogP contribution < -0.4 is 10.5 Å². The van der Waals surface area contributed by atoms with Gasteiger partial charge in [0.2, 0.25) is 0 Å². The molecule has 2 aromatic heterocycles. The summed E-state index contributed by atoms with van der Waals surface area (Å²) in [4.78, 5) is 28.8. The van der Waals surface area contributed by atoms with E-state index in [9.17, 15) is 4.79 Å². The number of hydrogen-bond donors (Lipinski definition) is 1. The quantitative estimate of drug-likeness (QED) is 0.892. The van der Waals surface area contributed by atoms with E-state index >= 15 is 0 Å². The normalized spacial score (nSPS) is 19.0. The Morgan fingerprint density at radius 1 is 1.36 bits per heavy atom. The van der Waals surface area contributed by atoms with Gasteiger partial charge in [-0.15, -0.1) is 0 Å². The summed E-state index contributed by atoms with van der Waals surface area (Å²) in [5.74, 6) is 1.19. The predicted molar refractivity (Wildman–Crippen MR) is 81.9 cm³/mol. The zero-order valence-electron chi connectivity index (χ0n) is 12.5. The summed E-state index contributed by atoms with van der Waals surface area (Å²) in [6, 6.07) is 3.53. The minimum atomic E-state index is -0.122. The predicted octanol–water partition coefficient (Wildman–Crippen LogP) is 0.564. The minimum Gasteiger partial charge on any atom is -0.379 e. The van der Waals surface area contributed by atoms with E-state index in [0.717, 1.165) is 30.3 Å². The lowest BCUT2D eigenvalue weighted by Gasteiger charge is -2.24. The van der Waals surface area contributed by atoms with Crippen LogP contribution in [0.4, 0.5) is 5.82 Å². The van der Waals surface area contributed by atoms with Crippen molar-refractivity contribution >= 4 is 5.82 Å². The maximum atomic E-state index is 11.4. The topological polar surface area (TPSA) is 84.0 Å². The van der Waals surface area contributed by atoms with Crippen molar-refractivity contribution in [2.45, 2.75) is 13.3 Å². The minimum absolute atomic E-state index is 0.122. The summed E-state index contributed by atoms with van der Waals surface area (Å²) in [6.45, 7) is 4.91. The van der Waals surface area contributed by atoms with Crippen molar-refractivity contribution in [2.24, 2.45) is 5.92 Å². The van der Waals surface area contributed by atoms with Crippen LogP contribution in [0.15, 0.2) is 29.6 Å². The number of aromatic nitrogens is 4. The molecule has 0 saturated carbocycles. The van der Waals surface area contributed by atoms with Crippen LogP contribution >= 0.6 is 0 Å². The number of nitrogens with one attached hydrogen (secondary N) is 1. The zero-order valence-corrected chi connectivity index (χ0v) is 12.5. The van der Waals surface area contributed by atoms with E-state index in [0.29, 0.717) is 19.6 Å². The molecule has 7 nitrogen and oxygen atoms in total. The Morgan fingerprint density at radius 3 is 3.09 bits per heavy atom. The van der Waals surface area contributed by atoms with Gasteiger partial charge in [0.05, 0.1) is 19.5 Å². The summed E-state index contributed by atoms with van der Waals surface area (Å²) >= 11 is 0. The van der Waals surface area contributed by atoms with E-state index < -0.39 is 0 Å². The van der Waals surface area contributed by atoms with Gasteiger partial charge in [-0.05, 0) is 13.3 Å². The standard InChI is InChI=1S/C15H19N5O2/c1-11-4-14(18-9-16-11)20-2-3-22-8-12(7-20)5-13-6-15(21)19-10-17-13/h4,6,9-10,12H,2-3,5,7-8H2,1H3,(H,17,19,21). The molecule has 0 aliphatic carbocycles. The van der Waals surface area contributed by atoms with Gasteiger partial charge in [-0.3, -0.25) is 4.79 Å². The Balaban J connectivity index is 1.74. The van der Waals surface area contributed by atoms with Crippen LogP contribution in [0.5, 0.6) is 0 Å². The third kappa shape index (κ3) is 3.67. The third-order valence-electron chi connectivity index (χ3n) is 3.68. The molecule has 116 valence electrons. The van der Waals surface area contributed by atoms with E-state index in [1.165, 1.54) is 6.33 Å². The zero-order chi connectivity index (χ0) is 15.4. The molecule has 2 aromatic rings. The van der Waals surface area contributed by atoms with Crippen LogP contribution in [0.3, 0.4) is 0 Å². The molecular weight excluding hydrogens is 282 g/mol. The van der Waals surface area contributed by atoms with Crippen LogP contribution in [0.2, 0.25) is 0 Å². The van der Waals surface area contributed by atoms with Crippen LogP contribution in [0.25, 0.3) is 0 Å². The highest BCUT2D eigenvalue weighted by atomic mass is 16.5. The lowest BCUT2D eigenvalue weighted by Crippen LogP contribution is -2.31. The first kappa shape index (κ1) is 14.6. The largest absolute Gasteiger partial charge is 0.379 e. The van der Waals surface area contributed by atoms with E-state index in [2.05, 4.69) is 24.8 Å². The average Bonchev–Trinajstić information content (AvgIpc) is 2.73. The van der Waals surface area contributed by atoms with E-state index in [-0.39, 0.29) is 11.5 Å². The van der Waals surface area contributed by atoms with Crippen molar-refractivity contribution in [2.75, 3.05) is 31.2 Å². The van der Waals surface area contributed by atoms with Crippen molar-refractivity contribution < 1.29 is 4.74 Å². The molecule has 1 N–H and O–H groups in total. The van der Waals surface area contributed by atoms with Gasteiger partial charge in [0.25, 0.3) is 5.56 Å². The number of ether oxygens (including phenoxy) is 1. The van der Waals surface area contributed by atoms with Gasteiger partial charge < -0.3 is 14.6 Å². The summed E-state index contributed by atoms with van der Waals surface area (Å²) in [7, 11) is 0. The Labute approximate surface area is 128 Å². The Morgan fingerprint density at radius 2 is 2.27 bits per heavy atom. The van der Waals surface area contributed by atoms with Gasteiger partial charge in [0.1, 0.15) is 12.1 Å². The third-order valence-corrected chi connectivity index (χ3v) is 3.68. The van der Waals surface area contributed by atoms with Gasteiger partial charge in [-0.2, -0.15) is 0 Å². The van der Waals surface area contributed by atoms with Gasteiger partial charge in [0.15, 0.2) is 0 Å². The molecule has 1 unspecified atom stereocenters. The highest BCUT2D eigenvalue weighted by Gasteiger charge is 2.20. The second-order valence-electron chi connectivity index (χ2n) is 5.51. The SMILES string of the molecule is Cc1cc(N2CCOCC(Cc3cc(=O)[nH]cn3)C2)ncn1. The lowest BCUT2D eigenvalue weighted by molar-refractivity contribution is 0.123. The van der Waals surface area contributed by atoms with Crippen LogP contribution in [0.1, 0.15) is 11.4 Å². The molecule has 1 saturated heterocycles. The van der Waals surface area contributed by atoms with Crippen LogP contribution in [0, 0.1) is 12.8 Å². The molecule has 0 amide bonds. The number of aryl methyl sites for hydroxylation is 1. The lowest BCUT2D eigenvalue weighted by atomic mass is 10.0. The second-order valence-corrected chi connectivity index (χ2v) is 5.51. The Kier molecular flexibility index (Phi) is 4.43. The molecular formula is C15H19N5O2. The fraction of sp³-hybridized carbons (Fsp3) is 0.467. The molecule has 3 heterocycles. The molecule has 1 aliphatic rings. The second kappa shape index (κ2) is 6.65. The Bertz CT molecular complexity index is 687. The molecule has 0 radical (unpaired) electrons. The van der Waals surface area contributed by atoms with Crippen molar-refractivity contribution in [3.8, 4) is 0 Å². The number of hydrogen-bond acceptors (Lipinski definition) is 6. The smallest absolute Gasteiger partial charge is 0.250 e. The van der Waals surface area contributed by atoms with Gasteiger partial charge >= 0.3 is 0 Å². The number of aromatic amines is 1. The summed E-state index contributed by atoms with van der Waals surface area (Å²) < 4.78 is 5.69. The van der Waals surface area contributed by atoms with E-state index in [1.807, 2.05) is 13.0 Å². The molecule has 0 spiro atoms. The molecule has 22 heavy (non-hydrogen) atoms. The number of nitrogens with zero attached hydrogens (tertiary/aromatic N) is 4. The number of anilines is 1. The van der Waals surface area contributed by atoms with Crippen molar-refractivity contribution in [1.82, 2.24) is 19.9 Å². The van der Waals surface area contributed by atoms with Crippen LogP contribution in [-0.2, 0) is 11.2 Å². The molecule has 3 rings (SSSR count). The molecule has 0 aromatic carbocycles. The van der Waals surface area contributed by atoms with Crippen LogP contribution in [-0.4, -0.2) is 46.2 Å². The molecule has 7 heteroatoms. The van der Waals surface area contributed by atoms with Gasteiger partial charge in [-0.25, -0.2) is 15.0 Å². The molecule has 1 fully saturated rings. The molecule has 1 aliphatic heterocycles. The fourth-order valence-corrected chi connectivity index (χ4v) is 2.64. The van der Waals surface area contributed by atoms with Gasteiger partial charge in [0, 0.05) is 42.5 Å². The maximum Gasteiger partial charge on any atom is 0.250 e. The van der Waals surface area contributed by atoms with E-state index in [4.69, 9.17) is 4.74 Å². The van der Waals surface area contributed by atoms with E-state index in [1.54, 1.807) is 12.4 Å². The molecule has 0 bridgehead atoms. The first-order chi connectivity index (χ1) is 10.7. The summed E-state index contributed by atoms with van der Waals surface area (Å²) in [5.41, 5.74) is 1.61.